The Balaban J connectivity index is 1.85. The fraction of sp³-hybridized carbons (Fsp3) is 0.263. The summed E-state index contributed by atoms with van der Waals surface area (Å²) in [5.74, 6) is 0.433. The Hall–Kier alpha value is -3.42. The fourth-order valence-electron chi connectivity index (χ4n) is 2.55. The first kappa shape index (κ1) is 18.4. The van der Waals surface area contributed by atoms with Gasteiger partial charge in [-0.05, 0) is 31.2 Å². The van der Waals surface area contributed by atoms with E-state index in [-0.39, 0.29) is 22.9 Å². The normalized spacial score (nSPS) is 11.0. The zero-order valence-corrected chi connectivity index (χ0v) is 15.2. The minimum Gasteiger partial charge on any atom is -0.487 e. The van der Waals surface area contributed by atoms with Gasteiger partial charge in [0.1, 0.15) is 5.52 Å². The molecule has 8 heteroatoms. The number of anilines is 1. The van der Waals surface area contributed by atoms with Crippen molar-refractivity contribution in [3.05, 3.63) is 58.0 Å². The molecule has 0 aliphatic heterocycles. The molecule has 0 atom stereocenters. The summed E-state index contributed by atoms with van der Waals surface area (Å²) in [5, 5.41) is 13.9. The molecule has 0 spiro atoms. The van der Waals surface area contributed by atoms with E-state index in [0.29, 0.717) is 29.3 Å². The molecular weight excluding hydrogens is 350 g/mol. The third-order valence-electron chi connectivity index (χ3n) is 3.87. The van der Waals surface area contributed by atoms with Crippen LogP contribution in [-0.2, 0) is 0 Å². The monoisotopic (exact) mass is 369 g/mol. The van der Waals surface area contributed by atoms with Gasteiger partial charge in [0.2, 0.25) is 0 Å². The molecule has 1 aromatic heterocycles. The Morgan fingerprint density at radius 2 is 2.07 bits per heavy atom. The highest BCUT2D eigenvalue weighted by atomic mass is 16.6. The van der Waals surface area contributed by atoms with E-state index in [9.17, 15) is 14.9 Å². The smallest absolute Gasteiger partial charge is 0.311 e. The van der Waals surface area contributed by atoms with E-state index in [0.717, 1.165) is 0 Å². The number of amides is 1. The number of nitrogens with one attached hydrogen (secondary N) is 1. The first-order valence-corrected chi connectivity index (χ1v) is 8.52. The van der Waals surface area contributed by atoms with Gasteiger partial charge in [-0.15, -0.1) is 0 Å². The fourth-order valence-corrected chi connectivity index (χ4v) is 2.55. The van der Waals surface area contributed by atoms with E-state index >= 15 is 0 Å². The summed E-state index contributed by atoms with van der Waals surface area (Å²) >= 11 is 0. The number of fused-ring (bicyclic) bond motifs is 1. The topological polar surface area (TPSA) is 108 Å². The lowest BCUT2D eigenvalue weighted by Gasteiger charge is -2.07. The van der Waals surface area contributed by atoms with Crippen molar-refractivity contribution in [3.8, 4) is 5.75 Å². The molecular formula is C19H19N3O5. The van der Waals surface area contributed by atoms with Crippen molar-refractivity contribution in [2.24, 2.45) is 0 Å². The molecule has 0 radical (unpaired) electrons. The standard InChI is InChI=1S/C19H19N3O5/c1-4-26-16-8-5-12(9-15(16)22(24)25)18(23)20-13-6-7-14-17(10-13)27-19(21-14)11(2)3/h5-11H,4H2,1-3H3,(H,20,23). The summed E-state index contributed by atoms with van der Waals surface area (Å²) in [4.78, 5) is 27.5. The maximum Gasteiger partial charge on any atom is 0.311 e. The van der Waals surface area contributed by atoms with Crippen LogP contribution in [0.15, 0.2) is 40.8 Å². The van der Waals surface area contributed by atoms with Gasteiger partial charge in [0, 0.05) is 29.3 Å². The first-order chi connectivity index (χ1) is 12.9. The quantitative estimate of drug-likeness (QED) is 0.506. The molecule has 27 heavy (non-hydrogen) atoms. The molecule has 0 bridgehead atoms. The Kier molecular flexibility index (Phi) is 5.07. The number of hydrogen-bond acceptors (Lipinski definition) is 6. The van der Waals surface area contributed by atoms with Gasteiger partial charge in [-0.1, -0.05) is 13.8 Å². The molecule has 1 amide bonds. The second kappa shape index (κ2) is 7.45. The molecule has 8 nitrogen and oxygen atoms in total. The number of nitro groups is 1. The number of carbonyl (C=O) groups excluding carboxylic acids is 1. The van der Waals surface area contributed by atoms with Gasteiger partial charge in [-0.25, -0.2) is 4.98 Å². The molecule has 0 aliphatic rings. The Morgan fingerprint density at radius 1 is 1.30 bits per heavy atom. The van der Waals surface area contributed by atoms with Crippen LogP contribution >= 0.6 is 0 Å². The second-order valence-corrected chi connectivity index (χ2v) is 6.22. The highest BCUT2D eigenvalue weighted by Gasteiger charge is 2.19. The SMILES string of the molecule is CCOc1ccc(C(=O)Nc2ccc3nc(C(C)C)oc3c2)cc1[N+](=O)[O-]. The van der Waals surface area contributed by atoms with Crippen LogP contribution in [-0.4, -0.2) is 22.4 Å². The van der Waals surface area contributed by atoms with Crippen LogP contribution < -0.4 is 10.1 Å². The van der Waals surface area contributed by atoms with Crippen molar-refractivity contribution < 1.29 is 18.9 Å². The molecule has 1 heterocycles. The van der Waals surface area contributed by atoms with Crippen LogP contribution in [0.2, 0.25) is 0 Å². The third kappa shape index (κ3) is 3.89. The van der Waals surface area contributed by atoms with E-state index in [1.807, 2.05) is 13.8 Å². The molecule has 140 valence electrons. The lowest BCUT2D eigenvalue weighted by atomic mass is 10.1. The molecule has 0 saturated heterocycles. The van der Waals surface area contributed by atoms with E-state index in [4.69, 9.17) is 9.15 Å². The predicted molar refractivity (Wildman–Crippen MR) is 100 cm³/mol. The molecule has 0 unspecified atom stereocenters. The largest absolute Gasteiger partial charge is 0.487 e. The molecule has 0 saturated carbocycles. The van der Waals surface area contributed by atoms with E-state index in [1.165, 1.54) is 18.2 Å². The van der Waals surface area contributed by atoms with Gasteiger partial charge in [0.15, 0.2) is 17.2 Å². The summed E-state index contributed by atoms with van der Waals surface area (Å²) < 4.78 is 10.9. The van der Waals surface area contributed by atoms with E-state index < -0.39 is 10.8 Å². The number of nitro benzene ring substituents is 1. The lowest BCUT2D eigenvalue weighted by Crippen LogP contribution is -2.12. The predicted octanol–water partition coefficient (Wildman–Crippen LogP) is 4.51. The number of nitrogens with zero attached hydrogens (tertiary/aromatic N) is 2. The first-order valence-electron chi connectivity index (χ1n) is 8.52. The Bertz CT molecular complexity index is 1010. The number of benzene rings is 2. The van der Waals surface area contributed by atoms with Gasteiger partial charge in [0.05, 0.1) is 11.5 Å². The number of aromatic nitrogens is 1. The molecule has 3 rings (SSSR count). The third-order valence-corrected chi connectivity index (χ3v) is 3.87. The van der Waals surface area contributed by atoms with E-state index in [2.05, 4.69) is 10.3 Å². The summed E-state index contributed by atoms with van der Waals surface area (Å²) in [5.41, 5.74) is 1.68. The number of rotatable bonds is 6. The maximum atomic E-state index is 12.5. The van der Waals surface area contributed by atoms with Crippen LogP contribution in [0.25, 0.3) is 11.1 Å². The second-order valence-electron chi connectivity index (χ2n) is 6.22. The van der Waals surface area contributed by atoms with Crippen molar-refractivity contribution in [3.63, 3.8) is 0 Å². The van der Waals surface area contributed by atoms with Gasteiger partial charge in [0.25, 0.3) is 5.91 Å². The highest BCUT2D eigenvalue weighted by Crippen LogP contribution is 2.29. The van der Waals surface area contributed by atoms with Gasteiger partial charge < -0.3 is 14.5 Å². The van der Waals surface area contributed by atoms with Crippen molar-refractivity contribution in [1.82, 2.24) is 4.98 Å². The number of oxazole rings is 1. The minimum atomic E-state index is -0.574. The summed E-state index contributed by atoms with van der Waals surface area (Å²) in [6.45, 7) is 5.98. The molecule has 1 N–H and O–H groups in total. The Morgan fingerprint density at radius 3 is 2.74 bits per heavy atom. The zero-order chi connectivity index (χ0) is 19.6. The number of hydrogen-bond donors (Lipinski definition) is 1. The molecule has 2 aromatic carbocycles. The summed E-state index contributed by atoms with van der Waals surface area (Å²) in [6.07, 6.45) is 0. The maximum absolute atomic E-state index is 12.5. The van der Waals surface area contributed by atoms with Gasteiger partial charge in [-0.3, -0.25) is 14.9 Å². The molecule has 0 aliphatic carbocycles. The number of carbonyl (C=O) groups is 1. The summed E-state index contributed by atoms with van der Waals surface area (Å²) in [6, 6.07) is 9.23. The van der Waals surface area contributed by atoms with Crippen LogP contribution in [0.1, 0.15) is 42.9 Å². The molecule has 3 aromatic rings. The average Bonchev–Trinajstić information content (AvgIpc) is 3.05. The van der Waals surface area contributed by atoms with Gasteiger partial charge >= 0.3 is 5.69 Å². The van der Waals surface area contributed by atoms with Crippen molar-refractivity contribution in [2.45, 2.75) is 26.7 Å². The minimum absolute atomic E-state index is 0.128. The van der Waals surface area contributed by atoms with E-state index in [1.54, 1.807) is 25.1 Å². The Labute approximate surface area is 155 Å². The lowest BCUT2D eigenvalue weighted by molar-refractivity contribution is -0.385. The highest BCUT2D eigenvalue weighted by molar-refractivity contribution is 6.05. The number of ether oxygens (including phenoxy) is 1. The van der Waals surface area contributed by atoms with Crippen LogP contribution in [0.5, 0.6) is 5.75 Å². The molecule has 0 fully saturated rings. The average molecular weight is 369 g/mol. The van der Waals surface area contributed by atoms with Crippen molar-refractivity contribution >= 4 is 28.4 Å². The van der Waals surface area contributed by atoms with Crippen LogP contribution in [0.3, 0.4) is 0 Å². The van der Waals surface area contributed by atoms with Gasteiger partial charge in [-0.2, -0.15) is 0 Å². The zero-order valence-electron chi connectivity index (χ0n) is 15.2. The van der Waals surface area contributed by atoms with Crippen LogP contribution in [0, 0.1) is 10.1 Å². The van der Waals surface area contributed by atoms with Crippen molar-refractivity contribution in [1.29, 1.82) is 0 Å². The van der Waals surface area contributed by atoms with Crippen LogP contribution in [0.4, 0.5) is 11.4 Å². The summed E-state index contributed by atoms with van der Waals surface area (Å²) in [7, 11) is 0. The van der Waals surface area contributed by atoms with Crippen molar-refractivity contribution in [2.75, 3.05) is 11.9 Å².